The van der Waals surface area contributed by atoms with Crippen molar-refractivity contribution in [2.75, 3.05) is 4.31 Å². The van der Waals surface area contributed by atoms with E-state index < -0.39 is 16.0 Å². The molecule has 27 heavy (non-hydrogen) atoms. The Hall–Kier alpha value is -3.19. The normalized spacial score (nSPS) is 11.1. The third-order valence-corrected chi connectivity index (χ3v) is 5.83. The lowest BCUT2D eigenvalue weighted by atomic mass is 10.2. The average Bonchev–Trinajstić information content (AvgIpc) is 2.67. The van der Waals surface area contributed by atoms with E-state index in [9.17, 15) is 13.2 Å². The lowest BCUT2D eigenvalue weighted by Crippen LogP contribution is -2.32. The van der Waals surface area contributed by atoms with Gasteiger partial charge in [0.25, 0.3) is 10.0 Å². The van der Waals surface area contributed by atoms with E-state index in [1.807, 2.05) is 30.3 Å². The fourth-order valence-electron chi connectivity index (χ4n) is 2.66. The third kappa shape index (κ3) is 3.98. The maximum absolute atomic E-state index is 13.3. The summed E-state index contributed by atoms with van der Waals surface area (Å²) in [7, 11) is -3.94. The molecule has 3 rings (SSSR count). The zero-order valence-corrected chi connectivity index (χ0v) is 15.4. The van der Waals surface area contributed by atoms with Crippen LogP contribution >= 0.6 is 0 Å². The summed E-state index contributed by atoms with van der Waals surface area (Å²) in [6, 6.07) is 17.9. The Morgan fingerprint density at radius 1 is 1.00 bits per heavy atom. The van der Waals surface area contributed by atoms with Gasteiger partial charge in [0.15, 0.2) is 0 Å². The number of sulfonamides is 1. The Balaban J connectivity index is 2.08. The Morgan fingerprint density at radius 3 is 2.26 bits per heavy atom. The van der Waals surface area contributed by atoms with E-state index in [0.717, 1.165) is 11.1 Å². The molecule has 0 amide bonds. The number of rotatable bonds is 6. The van der Waals surface area contributed by atoms with Crippen molar-refractivity contribution in [2.45, 2.75) is 18.4 Å². The number of carboxylic acids is 1. The van der Waals surface area contributed by atoms with Crippen LogP contribution in [-0.2, 0) is 16.6 Å². The van der Waals surface area contributed by atoms with E-state index in [2.05, 4.69) is 4.98 Å². The van der Waals surface area contributed by atoms with Crippen molar-refractivity contribution in [1.82, 2.24) is 4.98 Å². The van der Waals surface area contributed by atoms with E-state index in [4.69, 9.17) is 5.11 Å². The van der Waals surface area contributed by atoms with E-state index in [0.29, 0.717) is 5.82 Å². The topological polar surface area (TPSA) is 87.6 Å². The largest absolute Gasteiger partial charge is 0.478 e. The fraction of sp³-hybridized carbons (Fsp3) is 0.100. The lowest BCUT2D eigenvalue weighted by Gasteiger charge is -2.25. The lowest BCUT2D eigenvalue weighted by molar-refractivity contribution is 0.0696. The zero-order chi connectivity index (χ0) is 19.4. The van der Waals surface area contributed by atoms with Crippen LogP contribution in [0.1, 0.15) is 21.5 Å². The van der Waals surface area contributed by atoms with E-state index in [-0.39, 0.29) is 17.0 Å². The van der Waals surface area contributed by atoms with Crippen molar-refractivity contribution in [3.63, 3.8) is 0 Å². The molecule has 3 aromatic rings. The molecule has 0 aliphatic heterocycles. The van der Waals surface area contributed by atoms with Gasteiger partial charge >= 0.3 is 5.97 Å². The highest BCUT2D eigenvalue weighted by atomic mass is 32.2. The number of pyridine rings is 1. The number of hydrogen-bond acceptors (Lipinski definition) is 4. The first-order chi connectivity index (χ1) is 12.9. The van der Waals surface area contributed by atoms with E-state index in [1.54, 1.807) is 25.3 Å². The van der Waals surface area contributed by atoms with Gasteiger partial charge in [-0.2, -0.15) is 0 Å². The van der Waals surface area contributed by atoms with Crippen LogP contribution in [-0.4, -0.2) is 24.5 Å². The first kappa shape index (κ1) is 18.6. The van der Waals surface area contributed by atoms with Crippen LogP contribution in [0.25, 0.3) is 0 Å². The van der Waals surface area contributed by atoms with Crippen molar-refractivity contribution in [1.29, 1.82) is 0 Å². The number of aromatic nitrogens is 1. The summed E-state index contributed by atoms with van der Waals surface area (Å²) in [6.07, 6.45) is 1.55. The number of benzene rings is 2. The van der Waals surface area contributed by atoms with Crippen LogP contribution in [0.4, 0.5) is 5.82 Å². The summed E-state index contributed by atoms with van der Waals surface area (Å²) in [6.45, 7) is 1.91. The van der Waals surface area contributed by atoms with Gasteiger partial charge in [0.05, 0.1) is 17.0 Å². The molecule has 1 N–H and O–H groups in total. The first-order valence-electron chi connectivity index (χ1n) is 8.21. The molecule has 7 heteroatoms. The highest BCUT2D eigenvalue weighted by molar-refractivity contribution is 7.92. The number of carboxylic acid groups (broad SMARTS) is 1. The summed E-state index contributed by atoms with van der Waals surface area (Å²) >= 11 is 0. The maximum Gasteiger partial charge on any atom is 0.335 e. The Labute approximate surface area is 157 Å². The molecule has 0 saturated heterocycles. The predicted molar refractivity (Wildman–Crippen MR) is 102 cm³/mol. The van der Waals surface area contributed by atoms with Gasteiger partial charge in [-0.05, 0) is 48.4 Å². The molecule has 138 valence electrons. The smallest absolute Gasteiger partial charge is 0.335 e. The van der Waals surface area contributed by atoms with E-state index in [1.165, 1.54) is 28.6 Å². The molecule has 0 atom stereocenters. The van der Waals surface area contributed by atoms with Crippen molar-refractivity contribution in [3.05, 3.63) is 89.6 Å². The van der Waals surface area contributed by atoms with Crippen molar-refractivity contribution >= 4 is 21.8 Å². The Morgan fingerprint density at radius 2 is 1.67 bits per heavy atom. The van der Waals surface area contributed by atoms with Gasteiger partial charge in [-0.25, -0.2) is 22.5 Å². The van der Waals surface area contributed by atoms with Gasteiger partial charge < -0.3 is 5.11 Å². The van der Waals surface area contributed by atoms with Crippen LogP contribution in [0, 0.1) is 6.92 Å². The molecule has 0 radical (unpaired) electrons. The summed E-state index contributed by atoms with van der Waals surface area (Å²) in [5.74, 6) is -0.774. The van der Waals surface area contributed by atoms with Gasteiger partial charge in [0.1, 0.15) is 5.82 Å². The highest BCUT2D eigenvalue weighted by Crippen LogP contribution is 2.27. The van der Waals surface area contributed by atoms with Crippen LogP contribution in [0.15, 0.2) is 77.8 Å². The quantitative estimate of drug-likeness (QED) is 0.705. The van der Waals surface area contributed by atoms with Gasteiger partial charge in [0, 0.05) is 6.20 Å². The summed E-state index contributed by atoms with van der Waals surface area (Å²) in [4.78, 5) is 15.3. The second-order valence-electron chi connectivity index (χ2n) is 5.97. The highest BCUT2D eigenvalue weighted by Gasteiger charge is 2.27. The van der Waals surface area contributed by atoms with Crippen molar-refractivity contribution in [3.8, 4) is 0 Å². The molecule has 0 aliphatic rings. The molecule has 0 spiro atoms. The maximum atomic E-state index is 13.3. The van der Waals surface area contributed by atoms with Gasteiger partial charge in [-0.15, -0.1) is 0 Å². The molecule has 1 aromatic heterocycles. The number of carbonyl (C=O) groups is 1. The number of hydrogen-bond donors (Lipinski definition) is 1. The molecule has 0 unspecified atom stereocenters. The monoisotopic (exact) mass is 382 g/mol. The minimum Gasteiger partial charge on any atom is -0.478 e. The van der Waals surface area contributed by atoms with Crippen molar-refractivity contribution < 1.29 is 18.3 Å². The van der Waals surface area contributed by atoms with Crippen molar-refractivity contribution in [2.24, 2.45) is 0 Å². The molecule has 6 nitrogen and oxygen atoms in total. The van der Waals surface area contributed by atoms with Gasteiger partial charge in [-0.1, -0.05) is 36.4 Å². The van der Waals surface area contributed by atoms with Crippen LogP contribution < -0.4 is 4.31 Å². The van der Waals surface area contributed by atoms with Crippen LogP contribution in [0.3, 0.4) is 0 Å². The van der Waals surface area contributed by atoms with Crippen LogP contribution in [0.5, 0.6) is 0 Å². The second-order valence-corrected chi connectivity index (χ2v) is 7.83. The second kappa shape index (κ2) is 7.59. The molecule has 0 aliphatic carbocycles. The summed E-state index contributed by atoms with van der Waals surface area (Å²) in [5.41, 5.74) is 1.56. The van der Waals surface area contributed by atoms with Gasteiger partial charge in [-0.3, -0.25) is 0 Å². The number of anilines is 1. The minimum absolute atomic E-state index is 0.00786. The molecular weight excluding hydrogens is 364 g/mol. The number of aromatic carboxylic acids is 1. The third-order valence-electron chi connectivity index (χ3n) is 4.08. The SMILES string of the molecule is Cc1cccnc1N(Cc1ccccc1)S(=O)(=O)c1ccc(C(=O)O)cc1. The standard InChI is InChI=1S/C20H18N2O4S/c1-15-6-5-13-21-19(15)22(14-16-7-3-2-4-8-16)27(25,26)18-11-9-17(10-12-18)20(23)24/h2-13H,14H2,1H3,(H,23,24). The average molecular weight is 382 g/mol. The zero-order valence-electron chi connectivity index (χ0n) is 14.6. The number of aryl methyl sites for hydroxylation is 1. The van der Waals surface area contributed by atoms with E-state index >= 15 is 0 Å². The molecule has 0 saturated carbocycles. The summed E-state index contributed by atoms with van der Waals surface area (Å²) < 4.78 is 27.9. The molecule has 0 bridgehead atoms. The summed E-state index contributed by atoms with van der Waals surface area (Å²) in [5, 5.41) is 9.03. The molecular formula is C20H18N2O4S. The minimum atomic E-state index is -3.94. The first-order valence-corrected chi connectivity index (χ1v) is 9.65. The molecule has 2 aromatic carbocycles. The number of nitrogens with zero attached hydrogens (tertiary/aromatic N) is 2. The molecule has 1 heterocycles. The Kier molecular flexibility index (Phi) is 5.23. The van der Waals surface area contributed by atoms with Gasteiger partial charge in [0.2, 0.25) is 0 Å². The predicted octanol–water partition coefficient (Wildman–Crippen LogP) is 3.48. The molecule has 0 fully saturated rings. The Bertz CT molecular complexity index is 1050. The fourth-order valence-corrected chi connectivity index (χ4v) is 4.13. The van der Waals surface area contributed by atoms with Crippen LogP contribution in [0.2, 0.25) is 0 Å².